The minimum Gasteiger partial charge on any atom is -0.422 e. The Morgan fingerprint density at radius 3 is 2.35 bits per heavy atom. The van der Waals surface area contributed by atoms with E-state index in [-0.39, 0.29) is 5.56 Å². The molecule has 0 atom stereocenters. The van der Waals surface area contributed by atoms with Gasteiger partial charge in [-0.25, -0.2) is 4.79 Å². The maximum absolute atomic E-state index is 11.6. The van der Waals surface area contributed by atoms with E-state index in [1.54, 1.807) is 18.2 Å². The van der Waals surface area contributed by atoms with Crippen molar-refractivity contribution in [2.75, 3.05) is 0 Å². The topological polar surface area (TPSA) is 77.8 Å². The predicted molar refractivity (Wildman–Crippen MR) is 77.9 cm³/mol. The van der Waals surface area contributed by atoms with Crippen LogP contribution in [0.25, 0.3) is 11.3 Å². The van der Waals surface area contributed by atoms with E-state index in [2.05, 4.69) is 0 Å². The van der Waals surface area contributed by atoms with Crippen LogP contribution >= 0.6 is 11.8 Å². The van der Waals surface area contributed by atoms with E-state index in [4.69, 9.17) is 14.9 Å². The monoisotopic (exact) mass is 284 g/mol. The molecule has 2 rings (SSSR count). The van der Waals surface area contributed by atoms with E-state index in [1.165, 1.54) is 6.07 Å². The summed E-state index contributed by atoms with van der Waals surface area (Å²) in [6.07, 6.45) is 0. The number of hydrogen-bond donors (Lipinski definition) is 0. The Morgan fingerprint density at radius 2 is 1.80 bits per heavy atom. The van der Waals surface area contributed by atoms with Crippen LogP contribution in [-0.2, 0) is 0 Å². The van der Waals surface area contributed by atoms with Crippen molar-refractivity contribution < 1.29 is 4.42 Å². The third kappa shape index (κ3) is 3.50. The number of hydrogen-bond acceptors (Lipinski definition) is 5. The summed E-state index contributed by atoms with van der Waals surface area (Å²) in [5.41, 5.74) is -0.142. The molecule has 2 aromatic rings. The molecule has 0 aliphatic rings. The smallest absolute Gasteiger partial charge is 0.355 e. The third-order valence-electron chi connectivity index (χ3n) is 2.24. The quantitative estimate of drug-likeness (QED) is 0.619. The fourth-order valence-corrected chi connectivity index (χ4v) is 1.94. The molecular formula is C15H12N2O2S. The summed E-state index contributed by atoms with van der Waals surface area (Å²) < 4.78 is 5.07. The molecular weight excluding hydrogens is 272 g/mol. The molecule has 0 aliphatic heterocycles. The first kappa shape index (κ1) is 15.6. The van der Waals surface area contributed by atoms with E-state index >= 15 is 0 Å². The minimum atomic E-state index is -0.725. The van der Waals surface area contributed by atoms with Gasteiger partial charge in [-0.1, -0.05) is 44.2 Å². The summed E-state index contributed by atoms with van der Waals surface area (Å²) in [6, 6.07) is 12.3. The number of nitrogens with zero attached hydrogens (tertiary/aromatic N) is 2. The maximum Gasteiger partial charge on any atom is 0.355 e. The molecule has 0 saturated carbocycles. The lowest BCUT2D eigenvalue weighted by Gasteiger charge is -2.02. The Kier molecular flexibility index (Phi) is 6.09. The molecule has 0 spiro atoms. The van der Waals surface area contributed by atoms with Gasteiger partial charge in [0.15, 0.2) is 5.56 Å². The van der Waals surface area contributed by atoms with Crippen LogP contribution in [0.2, 0.25) is 0 Å². The van der Waals surface area contributed by atoms with Crippen molar-refractivity contribution in [2.24, 2.45) is 0 Å². The van der Waals surface area contributed by atoms with Gasteiger partial charge in [0.1, 0.15) is 17.2 Å². The lowest BCUT2D eigenvalue weighted by molar-refractivity contribution is 0.518. The molecule has 20 heavy (non-hydrogen) atoms. The fourth-order valence-electron chi connectivity index (χ4n) is 1.45. The number of thiocyanates is 1. The molecule has 0 fully saturated rings. The molecule has 1 heterocycles. The fraction of sp³-hybridized carbons (Fsp3) is 0.133. The molecule has 0 aliphatic carbocycles. The van der Waals surface area contributed by atoms with Gasteiger partial charge in [0.2, 0.25) is 0 Å². The Labute approximate surface area is 121 Å². The van der Waals surface area contributed by atoms with Crippen LogP contribution < -0.4 is 5.63 Å². The zero-order valence-electron chi connectivity index (χ0n) is 11.1. The highest BCUT2D eigenvalue weighted by Gasteiger charge is 2.13. The van der Waals surface area contributed by atoms with Gasteiger partial charge in [-0.05, 0) is 17.8 Å². The van der Waals surface area contributed by atoms with Crippen molar-refractivity contribution in [1.29, 1.82) is 10.5 Å². The molecule has 0 N–H and O–H groups in total. The van der Waals surface area contributed by atoms with Gasteiger partial charge in [0.25, 0.3) is 0 Å². The van der Waals surface area contributed by atoms with Gasteiger partial charge in [-0.2, -0.15) is 10.5 Å². The molecule has 1 aromatic carbocycles. The number of nitriles is 2. The molecule has 1 aromatic heterocycles. The van der Waals surface area contributed by atoms with Crippen molar-refractivity contribution in [3.63, 3.8) is 0 Å². The van der Waals surface area contributed by atoms with Crippen molar-refractivity contribution >= 4 is 11.8 Å². The van der Waals surface area contributed by atoms with Gasteiger partial charge in [-0.15, -0.1) is 0 Å². The van der Waals surface area contributed by atoms with Crippen LogP contribution in [0, 0.1) is 22.0 Å². The second-order valence-electron chi connectivity index (χ2n) is 3.31. The average Bonchev–Trinajstić information content (AvgIpc) is 2.50. The summed E-state index contributed by atoms with van der Waals surface area (Å²) in [5, 5.41) is 19.4. The normalized spacial score (nSPS) is 8.80. The number of rotatable bonds is 2. The van der Waals surface area contributed by atoms with Crippen LogP contribution in [0.15, 0.2) is 50.5 Å². The van der Waals surface area contributed by atoms with E-state index in [0.29, 0.717) is 10.7 Å². The van der Waals surface area contributed by atoms with Gasteiger partial charge < -0.3 is 4.42 Å². The standard InChI is InChI=1S/C13H6N2O2S.C2H6/c14-7-10-12(18-8-15)6-11(17-13(10)16)9-4-2-1-3-5-9;1-2/h1-6H;1-2H3. The first-order chi connectivity index (χ1) is 9.76. The Balaban J connectivity index is 0.000000956. The zero-order valence-corrected chi connectivity index (χ0v) is 11.9. The minimum absolute atomic E-state index is 0.138. The van der Waals surface area contributed by atoms with Crippen molar-refractivity contribution in [3.8, 4) is 22.8 Å². The molecule has 0 bridgehead atoms. The Bertz CT molecular complexity index is 709. The second-order valence-corrected chi connectivity index (χ2v) is 4.14. The van der Waals surface area contributed by atoms with Crippen molar-refractivity contribution in [2.45, 2.75) is 18.7 Å². The summed E-state index contributed by atoms with van der Waals surface area (Å²) in [7, 11) is 0. The first-order valence-electron chi connectivity index (χ1n) is 5.96. The van der Waals surface area contributed by atoms with Crippen LogP contribution in [0.5, 0.6) is 0 Å². The zero-order chi connectivity index (χ0) is 15.0. The molecule has 100 valence electrons. The SMILES string of the molecule is CC.N#CSc1cc(-c2ccccc2)oc(=O)c1C#N. The molecule has 4 nitrogen and oxygen atoms in total. The summed E-state index contributed by atoms with van der Waals surface area (Å²) in [5.74, 6) is 0.345. The van der Waals surface area contributed by atoms with Gasteiger partial charge >= 0.3 is 5.63 Å². The Morgan fingerprint density at radius 1 is 1.15 bits per heavy atom. The lowest BCUT2D eigenvalue weighted by atomic mass is 10.1. The summed E-state index contributed by atoms with van der Waals surface area (Å²) in [4.78, 5) is 11.9. The van der Waals surface area contributed by atoms with E-state index < -0.39 is 5.63 Å². The van der Waals surface area contributed by atoms with Gasteiger partial charge in [-0.3, -0.25) is 0 Å². The van der Waals surface area contributed by atoms with E-state index in [1.807, 2.05) is 37.4 Å². The largest absolute Gasteiger partial charge is 0.422 e. The predicted octanol–water partition coefficient (Wildman–Crippen LogP) is 3.78. The molecule has 0 saturated heterocycles. The number of thioether (sulfide) groups is 1. The van der Waals surface area contributed by atoms with Crippen molar-refractivity contribution in [1.82, 2.24) is 0 Å². The lowest BCUT2D eigenvalue weighted by Crippen LogP contribution is -2.06. The third-order valence-corrected chi connectivity index (χ3v) is 2.87. The average molecular weight is 284 g/mol. The highest BCUT2D eigenvalue weighted by molar-refractivity contribution is 8.03. The maximum atomic E-state index is 11.6. The van der Waals surface area contributed by atoms with E-state index in [0.717, 1.165) is 17.3 Å². The Hall–Kier alpha value is -2.50. The summed E-state index contributed by atoms with van der Waals surface area (Å²) in [6.45, 7) is 4.00. The second kappa shape index (κ2) is 7.83. The molecule has 0 unspecified atom stereocenters. The highest BCUT2D eigenvalue weighted by atomic mass is 32.2. The van der Waals surface area contributed by atoms with Crippen LogP contribution in [0.1, 0.15) is 19.4 Å². The van der Waals surface area contributed by atoms with Crippen LogP contribution in [0.4, 0.5) is 0 Å². The highest BCUT2D eigenvalue weighted by Crippen LogP contribution is 2.25. The number of benzene rings is 1. The molecule has 5 heteroatoms. The molecule has 0 radical (unpaired) electrons. The van der Waals surface area contributed by atoms with Gasteiger partial charge in [0, 0.05) is 5.56 Å². The van der Waals surface area contributed by atoms with Crippen molar-refractivity contribution in [3.05, 3.63) is 52.4 Å². The van der Waals surface area contributed by atoms with Gasteiger partial charge in [0.05, 0.1) is 4.90 Å². The van der Waals surface area contributed by atoms with E-state index in [9.17, 15) is 4.79 Å². The van der Waals surface area contributed by atoms with Crippen LogP contribution in [-0.4, -0.2) is 0 Å². The van der Waals surface area contributed by atoms with Crippen LogP contribution in [0.3, 0.4) is 0 Å². The first-order valence-corrected chi connectivity index (χ1v) is 6.77. The summed E-state index contributed by atoms with van der Waals surface area (Å²) >= 11 is 0.773. The molecule has 0 amide bonds.